The van der Waals surface area contributed by atoms with E-state index >= 15 is 0 Å². The summed E-state index contributed by atoms with van der Waals surface area (Å²) in [6, 6.07) is 12.9. The molecule has 22 heavy (non-hydrogen) atoms. The molecule has 114 valence electrons. The Labute approximate surface area is 136 Å². The fraction of sp³-hybridized carbons (Fsp3) is 0.125. The Bertz CT molecular complexity index is 656. The van der Waals surface area contributed by atoms with Gasteiger partial charge in [0, 0.05) is 10.2 Å². The first-order valence-corrected chi connectivity index (χ1v) is 7.44. The first kappa shape index (κ1) is 16.2. The second-order valence-corrected chi connectivity index (χ2v) is 5.57. The predicted molar refractivity (Wildman–Crippen MR) is 89.4 cm³/mol. The Kier molecular flexibility index (Phi) is 5.66. The Morgan fingerprint density at radius 3 is 2.45 bits per heavy atom. The van der Waals surface area contributed by atoms with Crippen molar-refractivity contribution in [2.24, 2.45) is 5.10 Å². The predicted octanol–water partition coefficient (Wildman–Crippen LogP) is 3.54. The van der Waals surface area contributed by atoms with E-state index < -0.39 is 6.04 Å². The minimum Gasteiger partial charge on any atom is -0.374 e. The number of hydrogen-bond donors (Lipinski definition) is 2. The van der Waals surface area contributed by atoms with Crippen LogP contribution in [0, 0.1) is 5.82 Å². The number of nitrogens with zero attached hydrogens (tertiary/aromatic N) is 1. The highest BCUT2D eigenvalue weighted by Crippen LogP contribution is 2.14. The van der Waals surface area contributed by atoms with Crippen LogP contribution in [0.1, 0.15) is 12.5 Å². The summed E-state index contributed by atoms with van der Waals surface area (Å²) in [4.78, 5) is 11.9. The highest BCUT2D eigenvalue weighted by Gasteiger charge is 2.11. The lowest BCUT2D eigenvalue weighted by Gasteiger charge is -2.13. The van der Waals surface area contributed by atoms with Crippen LogP contribution in [0.2, 0.25) is 0 Å². The fourth-order valence-corrected chi connectivity index (χ4v) is 1.94. The summed E-state index contributed by atoms with van der Waals surface area (Å²) < 4.78 is 13.7. The molecule has 0 aliphatic heterocycles. The van der Waals surface area contributed by atoms with Crippen LogP contribution in [-0.2, 0) is 4.79 Å². The lowest BCUT2D eigenvalue weighted by molar-refractivity contribution is -0.121. The maximum absolute atomic E-state index is 12.7. The molecule has 0 aliphatic rings. The average Bonchev–Trinajstić information content (AvgIpc) is 2.51. The summed E-state index contributed by atoms with van der Waals surface area (Å²) in [5.74, 6) is -0.574. The van der Waals surface area contributed by atoms with Crippen LogP contribution in [0.15, 0.2) is 58.1 Å². The van der Waals surface area contributed by atoms with Crippen LogP contribution < -0.4 is 10.7 Å². The number of hydrazone groups is 1. The molecule has 0 saturated carbocycles. The van der Waals surface area contributed by atoms with Crippen molar-refractivity contribution in [1.29, 1.82) is 0 Å². The molecule has 2 aromatic rings. The first-order valence-electron chi connectivity index (χ1n) is 6.65. The molecular formula is C16H15BrFN3O. The van der Waals surface area contributed by atoms with Gasteiger partial charge in [-0.2, -0.15) is 5.10 Å². The van der Waals surface area contributed by atoms with Crippen molar-refractivity contribution in [2.75, 3.05) is 5.32 Å². The molecule has 0 aromatic heterocycles. The number of rotatable bonds is 5. The SMILES string of the molecule is C[C@H](Nc1ccc(Br)cc1)C(=O)N/N=C\c1ccc(F)cc1. The van der Waals surface area contributed by atoms with E-state index in [0.717, 1.165) is 10.2 Å². The van der Waals surface area contributed by atoms with Crippen LogP contribution in [0.25, 0.3) is 0 Å². The molecule has 0 saturated heterocycles. The largest absolute Gasteiger partial charge is 0.374 e. The third-order valence-electron chi connectivity index (χ3n) is 2.88. The van der Waals surface area contributed by atoms with Crippen molar-refractivity contribution in [1.82, 2.24) is 5.43 Å². The second kappa shape index (κ2) is 7.70. The third-order valence-corrected chi connectivity index (χ3v) is 3.41. The first-order chi connectivity index (χ1) is 10.5. The van der Waals surface area contributed by atoms with Crippen molar-refractivity contribution in [3.05, 3.63) is 64.4 Å². The number of carbonyl (C=O) groups is 1. The zero-order chi connectivity index (χ0) is 15.9. The summed E-state index contributed by atoms with van der Waals surface area (Å²) in [7, 11) is 0. The maximum atomic E-state index is 12.7. The molecule has 0 heterocycles. The van der Waals surface area contributed by atoms with E-state index in [9.17, 15) is 9.18 Å². The normalized spacial score (nSPS) is 12.1. The summed E-state index contributed by atoms with van der Waals surface area (Å²) >= 11 is 3.35. The van der Waals surface area contributed by atoms with Crippen molar-refractivity contribution in [3.63, 3.8) is 0 Å². The van der Waals surface area contributed by atoms with Gasteiger partial charge in [-0.1, -0.05) is 28.1 Å². The van der Waals surface area contributed by atoms with Gasteiger partial charge in [0.1, 0.15) is 11.9 Å². The van der Waals surface area contributed by atoms with Gasteiger partial charge in [0.05, 0.1) is 6.21 Å². The highest BCUT2D eigenvalue weighted by molar-refractivity contribution is 9.10. The molecule has 1 atom stereocenters. The Morgan fingerprint density at radius 2 is 1.82 bits per heavy atom. The number of benzene rings is 2. The van der Waals surface area contributed by atoms with Gasteiger partial charge in [0.25, 0.3) is 5.91 Å². The minimum absolute atomic E-state index is 0.263. The number of carbonyl (C=O) groups excluding carboxylic acids is 1. The Hall–Kier alpha value is -2.21. The van der Waals surface area contributed by atoms with Gasteiger partial charge in [0.15, 0.2) is 0 Å². The minimum atomic E-state index is -0.438. The molecule has 0 unspecified atom stereocenters. The molecule has 0 fully saturated rings. The van der Waals surface area contributed by atoms with E-state index in [2.05, 4.69) is 31.8 Å². The lowest BCUT2D eigenvalue weighted by atomic mass is 10.2. The van der Waals surface area contributed by atoms with Gasteiger partial charge >= 0.3 is 0 Å². The molecule has 4 nitrogen and oxygen atoms in total. The number of anilines is 1. The standard InChI is InChI=1S/C16H15BrFN3O/c1-11(20-15-8-4-13(17)5-9-15)16(22)21-19-10-12-2-6-14(18)7-3-12/h2-11,20H,1H3,(H,21,22)/b19-10-/t11-/m0/s1. The zero-order valence-corrected chi connectivity index (χ0v) is 13.5. The highest BCUT2D eigenvalue weighted by atomic mass is 79.9. The molecule has 2 aromatic carbocycles. The number of halogens is 2. The maximum Gasteiger partial charge on any atom is 0.262 e. The van der Waals surface area contributed by atoms with Gasteiger partial charge in [-0.05, 0) is 48.9 Å². The molecule has 0 bridgehead atoms. The van der Waals surface area contributed by atoms with Crippen LogP contribution in [0.4, 0.5) is 10.1 Å². The molecule has 2 N–H and O–H groups in total. The number of nitrogens with one attached hydrogen (secondary N) is 2. The number of hydrogen-bond acceptors (Lipinski definition) is 3. The lowest BCUT2D eigenvalue weighted by Crippen LogP contribution is -2.34. The Morgan fingerprint density at radius 1 is 1.18 bits per heavy atom. The van der Waals surface area contributed by atoms with Gasteiger partial charge in [-0.3, -0.25) is 4.79 Å². The molecule has 0 spiro atoms. The molecule has 2 rings (SSSR count). The second-order valence-electron chi connectivity index (χ2n) is 4.66. The van der Waals surface area contributed by atoms with Gasteiger partial charge in [-0.25, -0.2) is 9.82 Å². The van der Waals surface area contributed by atoms with Crippen molar-refractivity contribution < 1.29 is 9.18 Å². The van der Waals surface area contributed by atoms with Crippen LogP contribution in [0.5, 0.6) is 0 Å². The van der Waals surface area contributed by atoms with Crippen molar-refractivity contribution >= 4 is 33.7 Å². The van der Waals surface area contributed by atoms with E-state index in [1.54, 1.807) is 19.1 Å². The van der Waals surface area contributed by atoms with Crippen LogP contribution in [0.3, 0.4) is 0 Å². The van der Waals surface area contributed by atoms with Gasteiger partial charge in [0.2, 0.25) is 0 Å². The fourth-order valence-electron chi connectivity index (χ4n) is 1.68. The molecule has 0 aliphatic carbocycles. The zero-order valence-electron chi connectivity index (χ0n) is 11.9. The molecule has 1 amide bonds. The smallest absolute Gasteiger partial charge is 0.262 e. The summed E-state index contributed by atoms with van der Waals surface area (Å²) in [6.45, 7) is 1.74. The van der Waals surface area contributed by atoms with Crippen LogP contribution >= 0.6 is 15.9 Å². The average molecular weight is 364 g/mol. The van der Waals surface area contributed by atoms with E-state index in [0.29, 0.717) is 5.56 Å². The summed E-state index contributed by atoms with van der Waals surface area (Å²) in [5, 5.41) is 6.92. The molecule has 0 radical (unpaired) electrons. The summed E-state index contributed by atoms with van der Waals surface area (Å²) in [5.41, 5.74) is 3.99. The molecule has 6 heteroatoms. The van der Waals surface area contributed by atoms with Crippen molar-refractivity contribution in [2.45, 2.75) is 13.0 Å². The van der Waals surface area contributed by atoms with E-state index in [1.807, 2.05) is 24.3 Å². The van der Waals surface area contributed by atoms with Gasteiger partial charge < -0.3 is 5.32 Å². The van der Waals surface area contributed by atoms with E-state index in [4.69, 9.17) is 0 Å². The third kappa shape index (κ3) is 4.96. The molecular weight excluding hydrogens is 349 g/mol. The van der Waals surface area contributed by atoms with Crippen molar-refractivity contribution in [3.8, 4) is 0 Å². The van der Waals surface area contributed by atoms with Gasteiger partial charge in [-0.15, -0.1) is 0 Å². The Balaban J connectivity index is 1.85. The number of amides is 1. The van der Waals surface area contributed by atoms with E-state index in [-0.39, 0.29) is 11.7 Å². The summed E-state index contributed by atoms with van der Waals surface area (Å²) in [6.07, 6.45) is 1.46. The van der Waals surface area contributed by atoms with Crippen LogP contribution in [-0.4, -0.2) is 18.2 Å². The van der Waals surface area contributed by atoms with E-state index in [1.165, 1.54) is 18.3 Å². The topological polar surface area (TPSA) is 53.5 Å². The quantitative estimate of drug-likeness (QED) is 0.630. The monoisotopic (exact) mass is 363 g/mol.